The zero-order chi connectivity index (χ0) is 10.1. The van der Waals surface area contributed by atoms with Crippen molar-refractivity contribution in [2.75, 3.05) is 12.3 Å². The lowest BCUT2D eigenvalue weighted by atomic mass is 10.3. The van der Waals surface area contributed by atoms with Crippen LogP contribution in [0.25, 0.3) is 0 Å². The van der Waals surface area contributed by atoms with Crippen LogP contribution in [-0.2, 0) is 12.7 Å². The second-order valence-electron chi connectivity index (χ2n) is 2.39. The molecule has 4 nitrogen and oxygen atoms in total. The zero-order valence-electron chi connectivity index (χ0n) is 6.54. The maximum Gasteiger partial charge on any atom is 0.435 e. The van der Waals surface area contributed by atoms with Crippen molar-refractivity contribution in [3.63, 3.8) is 0 Å². The molecule has 0 aliphatic rings. The van der Waals surface area contributed by atoms with Crippen LogP contribution in [0.2, 0.25) is 0 Å². The monoisotopic (exact) mass is 195 g/mol. The Bertz CT molecular complexity index is 294. The maximum absolute atomic E-state index is 12.2. The smallest absolute Gasteiger partial charge is 0.396 e. The lowest BCUT2D eigenvalue weighted by Crippen LogP contribution is -2.17. The van der Waals surface area contributed by atoms with Gasteiger partial charge in [-0.3, -0.25) is 4.68 Å². The number of halogens is 3. The fraction of sp³-hybridized carbons (Fsp3) is 0.500. The summed E-state index contributed by atoms with van der Waals surface area (Å²) in [5.74, 6) is 0. The van der Waals surface area contributed by atoms with Crippen molar-refractivity contribution in [3.8, 4) is 0 Å². The minimum absolute atomic E-state index is 0.216. The molecule has 0 amide bonds. The average Bonchev–Trinajstić information content (AvgIpc) is 2.31. The first-order valence-electron chi connectivity index (χ1n) is 3.46. The van der Waals surface area contributed by atoms with E-state index in [0.717, 1.165) is 6.20 Å². The molecule has 0 unspecified atom stereocenters. The van der Waals surface area contributed by atoms with Gasteiger partial charge in [0.2, 0.25) is 0 Å². The van der Waals surface area contributed by atoms with E-state index in [2.05, 4.69) is 5.10 Å². The summed E-state index contributed by atoms with van der Waals surface area (Å²) >= 11 is 0. The predicted molar refractivity (Wildman–Crippen MR) is 38.7 cm³/mol. The highest BCUT2D eigenvalue weighted by molar-refractivity contribution is 5.42. The van der Waals surface area contributed by atoms with Gasteiger partial charge in [-0.2, -0.15) is 18.3 Å². The van der Waals surface area contributed by atoms with Crippen LogP contribution < -0.4 is 5.73 Å². The highest BCUT2D eigenvalue weighted by atomic mass is 19.4. The number of aromatic nitrogens is 2. The standard InChI is InChI=1S/C6H8F3N3O/c7-6(8,9)5-4(10)3-11-12(5)1-2-13/h3,13H,1-2,10H2. The van der Waals surface area contributed by atoms with Gasteiger partial charge in [0.15, 0.2) is 5.69 Å². The third kappa shape index (κ3) is 1.92. The molecule has 0 spiro atoms. The number of aliphatic hydroxyl groups excluding tert-OH is 1. The summed E-state index contributed by atoms with van der Waals surface area (Å²) in [6, 6.07) is 0. The molecule has 74 valence electrons. The van der Waals surface area contributed by atoms with E-state index in [0.29, 0.717) is 4.68 Å². The van der Waals surface area contributed by atoms with Gasteiger partial charge in [-0.1, -0.05) is 0 Å². The van der Waals surface area contributed by atoms with Crippen LogP contribution in [0.4, 0.5) is 18.9 Å². The first-order chi connectivity index (χ1) is 5.96. The van der Waals surface area contributed by atoms with Gasteiger partial charge < -0.3 is 10.8 Å². The average molecular weight is 195 g/mol. The summed E-state index contributed by atoms with van der Waals surface area (Å²) in [6.07, 6.45) is -3.62. The Morgan fingerprint density at radius 1 is 1.54 bits per heavy atom. The van der Waals surface area contributed by atoms with Crippen molar-refractivity contribution in [2.24, 2.45) is 0 Å². The van der Waals surface area contributed by atoms with E-state index in [-0.39, 0.29) is 6.54 Å². The lowest BCUT2D eigenvalue weighted by molar-refractivity contribution is -0.143. The van der Waals surface area contributed by atoms with Gasteiger partial charge >= 0.3 is 6.18 Å². The third-order valence-electron chi connectivity index (χ3n) is 1.45. The van der Waals surface area contributed by atoms with Gasteiger partial charge in [0.1, 0.15) is 0 Å². The van der Waals surface area contributed by atoms with Crippen LogP contribution in [0.15, 0.2) is 6.20 Å². The van der Waals surface area contributed by atoms with E-state index in [1.165, 1.54) is 0 Å². The first-order valence-corrected chi connectivity index (χ1v) is 3.46. The molecule has 0 saturated heterocycles. The van der Waals surface area contributed by atoms with E-state index in [1.54, 1.807) is 0 Å². The molecule has 0 aliphatic carbocycles. The van der Waals surface area contributed by atoms with Crippen molar-refractivity contribution < 1.29 is 18.3 Å². The van der Waals surface area contributed by atoms with Crippen LogP contribution in [-0.4, -0.2) is 21.5 Å². The fourth-order valence-corrected chi connectivity index (χ4v) is 0.974. The summed E-state index contributed by atoms with van der Waals surface area (Å²) in [6.45, 7) is -0.629. The molecule has 13 heavy (non-hydrogen) atoms. The van der Waals surface area contributed by atoms with Crippen molar-refractivity contribution >= 4 is 5.69 Å². The van der Waals surface area contributed by atoms with E-state index in [4.69, 9.17) is 10.8 Å². The van der Waals surface area contributed by atoms with E-state index >= 15 is 0 Å². The molecule has 1 aromatic heterocycles. The molecule has 0 aromatic carbocycles. The lowest BCUT2D eigenvalue weighted by Gasteiger charge is -2.09. The summed E-state index contributed by atoms with van der Waals surface area (Å²) in [4.78, 5) is 0. The number of aliphatic hydroxyl groups is 1. The van der Waals surface area contributed by atoms with Gasteiger partial charge in [-0.25, -0.2) is 0 Å². The van der Waals surface area contributed by atoms with Gasteiger partial charge in [0.05, 0.1) is 25.0 Å². The summed E-state index contributed by atoms with van der Waals surface area (Å²) < 4.78 is 37.4. The van der Waals surface area contributed by atoms with E-state index < -0.39 is 24.2 Å². The molecular formula is C6H8F3N3O. The highest BCUT2D eigenvalue weighted by Crippen LogP contribution is 2.32. The second-order valence-corrected chi connectivity index (χ2v) is 2.39. The highest BCUT2D eigenvalue weighted by Gasteiger charge is 2.37. The van der Waals surface area contributed by atoms with Crippen LogP contribution in [0, 0.1) is 0 Å². The zero-order valence-corrected chi connectivity index (χ0v) is 6.54. The Kier molecular flexibility index (Phi) is 2.46. The topological polar surface area (TPSA) is 64.1 Å². The van der Waals surface area contributed by atoms with Crippen molar-refractivity contribution in [3.05, 3.63) is 11.9 Å². The summed E-state index contributed by atoms with van der Waals surface area (Å²) in [7, 11) is 0. The molecule has 7 heteroatoms. The fourth-order valence-electron chi connectivity index (χ4n) is 0.974. The van der Waals surface area contributed by atoms with Crippen LogP contribution in [0.3, 0.4) is 0 Å². The van der Waals surface area contributed by atoms with Crippen molar-refractivity contribution in [2.45, 2.75) is 12.7 Å². The molecule has 0 saturated carbocycles. The van der Waals surface area contributed by atoms with Crippen LogP contribution >= 0.6 is 0 Å². The molecular weight excluding hydrogens is 187 g/mol. The molecule has 3 N–H and O–H groups in total. The Labute approximate surface area is 71.8 Å². The SMILES string of the molecule is Nc1cnn(CCO)c1C(F)(F)F. The minimum atomic E-state index is -4.53. The molecule has 1 rings (SSSR count). The molecule has 0 aliphatic heterocycles. The van der Waals surface area contributed by atoms with Crippen molar-refractivity contribution in [1.29, 1.82) is 0 Å². The Morgan fingerprint density at radius 2 is 2.15 bits per heavy atom. The summed E-state index contributed by atoms with van der Waals surface area (Å²) in [5, 5.41) is 11.8. The van der Waals surface area contributed by atoms with Gasteiger partial charge in [0, 0.05) is 0 Å². The number of hydrogen-bond donors (Lipinski definition) is 2. The molecule has 0 bridgehead atoms. The molecule has 1 aromatic rings. The van der Waals surface area contributed by atoms with Crippen LogP contribution in [0.5, 0.6) is 0 Å². The number of nitrogens with two attached hydrogens (primary N) is 1. The minimum Gasteiger partial charge on any atom is -0.396 e. The number of anilines is 1. The Morgan fingerprint density at radius 3 is 2.62 bits per heavy atom. The number of rotatable bonds is 2. The van der Waals surface area contributed by atoms with Crippen molar-refractivity contribution in [1.82, 2.24) is 9.78 Å². The van der Waals surface area contributed by atoms with Gasteiger partial charge in [-0.15, -0.1) is 0 Å². The van der Waals surface area contributed by atoms with Crippen LogP contribution in [0.1, 0.15) is 5.69 Å². The van der Waals surface area contributed by atoms with E-state index in [9.17, 15) is 13.2 Å². The molecule has 1 heterocycles. The maximum atomic E-state index is 12.2. The summed E-state index contributed by atoms with van der Waals surface area (Å²) in [5.41, 5.74) is 3.63. The van der Waals surface area contributed by atoms with E-state index in [1.807, 2.05) is 0 Å². The molecule has 0 fully saturated rings. The number of hydrogen-bond acceptors (Lipinski definition) is 3. The van der Waals surface area contributed by atoms with Gasteiger partial charge in [-0.05, 0) is 0 Å². The second kappa shape index (κ2) is 3.25. The number of alkyl halides is 3. The Balaban J connectivity index is 3.09. The number of nitrogen functional groups attached to an aromatic ring is 1. The third-order valence-corrected chi connectivity index (χ3v) is 1.45. The first kappa shape index (κ1) is 9.85. The quantitative estimate of drug-likeness (QED) is 0.721. The Hall–Kier alpha value is -1.24. The number of nitrogens with zero attached hydrogens (tertiary/aromatic N) is 2. The normalized spacial score (nSPS) is 12.0. The van der Waals surface area contributed by atoms with Gasteiger partial charge in [0.25, 0.3) is 0 Å². The molecule has 0 atom stereocenters. The molecule has 0 radical (unpaired) electrons. The predicted octanol–water partition coefficient (Wildman–Crippen LogP) is 0.476. The largest absolute Gasteiger partial charge is 0.435 e.